The van der Waals surface area contributed by atoms with Gasteiger partial charge in [-0.25, -0.2) is 9.97 Å². The summed E-state index contributed by atoms with van der Waals surface area (Å²) in [6, 6.07) is 2.22. The lowest BCUT2D eigenvalue weighted by atomic mass is 9.76. The average molecular weight is 399 g/mol. The Morgan fingerprint density at radius 2 is 1.86 bits per heavy atom. The Labute approximate surface area is 171 Å². The van der Waals surface area contributed by atoms with E-state index >= 15 is 0 Å². The molecule has 0 N–H and O–H groups in total. The number of hydrogen-bond acceptors (Lipinski definition) is 6. The second kappa shape index (κ2) is 7.89. The molecule has 0 radical (unpaired) electrons. The van der Waals surface area contributed by atoms with Gasteiger partial charge in [0, 0.05) is 70.7 Å². The van der Waals surface area contributed by atoms with Crippen LogP contribution in [0.5, 0.6) is 0 Å². The molecule has 0 spiro atoms. The van der Waals surface area contributed by atoms with Crippen LogP contribution in [-0.2, 0) is 9.59 Å². The second-order valence-corrected chi connectivity index (χ2v) is 8.98. The number of carbonyl (C=O) groups excluding carboxylic acids is 2. The fourth-order valence-electron chi connectivity index (χ4n) is 5.74. The van der Waals surface area contributed by atoms with E-state index < -0.39 is 0 Å². The third kappa shape index (κ3) is 3.82. The smallest absolute Gasteiger partial charge is 0.236 e. The summed E-state index contributed by atoms with van der Waals surface area (Å²) in [7, 11) is 0. The number of fused-ring (bicyclic) bond motifs is 4. The molecule has 29 heavy (non-hydrogen) atoms. The van der Waals surface area contributed by atoms with Crippen LogP contribution in [-0.4, -0.2) is 94.9 Å². The molecule has 8 heteroatoms. The summed E-state index contributed by atoms with van der Waals surface area (Å²) >= 11 is 0. The first kappa shape index (κ1) is 18.8. The van der Waals surface area contributed by atoms with Crippen LogP contribution in [0.4, 0.5) is 5.95 Å². The number of nitrogens with zero attached hydrogens (tertiary/aromatic N) is 6. The van der Waals surface area contributed by atoms with Gasteiger partial charge in [0.25, 0.3) is 0 Å². The molecule has 3 atom stereocenters. The lowest BCUT2D eigenvalue weighted by molar-refractivity contribution is -0.146. The molecule has 156 valence electrons. The van der Waals surface area contributed by atoms with Gasteiger partial charge in [0.05, 0.1) is 6.54 Å². The van der Waals surface area contributed by atoms with Crippen molar-refractivity contribution in [2.75, 3.05) is 57.3 Å². The summed E-state index contributed by atoms with van der Waals surface area (Å²) in [5.74, 6) is 2.38. The van der Waals surface area contributed by atoms with Crippen molar-refractivity contribution < 1.29 is 9.59 Å². The molecule has 4 saturated heterocycles. The number of piperazine rings is 1. The predicted octanol–water partition coefficient (Wildman–Crippen LogP) is 0.458. The third-order valence-corrected chi connectivity index (χ3v) is 7.08. The normalized spacial score (nSPS) is 30.3. The zero-order chi connectivity index (χ0) is 19.8. The van der Waals surface area contributed by atoms with Crippen LogP contribution < -0.4 is 4.90 Å². The monoisotopic (exact) mass is 398 g/mol. The molecular formula is C21H30N6O2. The van der Waals surface area contributed by atoms with Crippen molar-refractivity contribution in [2.45, 2.75) is 31.7 Å². The molecule has 2 amide bonds. The first-order chi connectivity index (χ1) is 14.2. The summed E-state index contributed by atoms with van der Waals surface area (Å²) in [5, 5.41) is 0. The number of anilines is 1. The molecule has 1 aromatic rings. The third-order valence-electron chi connectivity index (χ3n) is 7.08. The molecule has 0 aliphatic carbocycles. The molecule has 8 nitrogen and oxygen atoms in total. The van der Waals surface area contributed by atoms with Gasteiger partial charge in [-0.05, 0) is 37.2 Å². The van der Waals surface area contributed by atoms with Gasteiger partial charge in [-0.15, -0.1) is 0 Å². The average Bonchev–Trinajstić information content (AvgIpc) is 2.75. The van der Waals surface area contributed by atoms with Crippen molar-refractivity contribution in [2.24, 2.45) is 11.8 Å². The van der Waals surface area contributed by atoms with Crippen LogP contribution in [0.1, 0.15) is 25.7 Å². The van der Waals surface area contributed by atoms with E-state index in [1.165, 1.54) is 6.42 Å². The first-order valence-electron chi connectivity index (χ1n) is 11.0. The lowest BCUT2D eigenvalue weighted by Gasteiger charge is -2.52. The van der Waals surface area contributed by atoms with Crippen LogP contribution in [0, 0.1) is 11.8 Å². The Bertz CT molecular complexity index is 751. The van der Waals surface area contributed by atoms with Crippen molar-refractivity contribution in [3.8, 4) is 0 Å². The van der Waals surface area contributed by atoms with Crippen LogP contribution in [0.15, 0.2) is 18.5 Å². The Balaban J connectivity index is 1.15. The van der Waals surface area contributed by atoms with Gasteiger partial charge in [0.2, 0.25) is 17.8 Å². The summed E-state index contributed by atoms with van der Waals surface area (Å²) < 4.78 is 0. The number of aromatic nitrogens is 2. The van der Waals surface area contributed by atoms with E-state index in [4.69, 9.17) is 0 Å². The maximum atomic E-state index is 12.9. The second-order valence-electron chi connectivity index (χ2n) is 8.98. The quantitative estimate of drug-likeness (QED) is 0.737. The Kier molecular flexibility index (Phi) is 5.11. The number of piperidine rings is 3. The minimum absolute atomic E-state index is 0.232. The highest BCUT2D eigenvalue weighted by Crippen LogP contribution is 2.37. The van der Waals surface area contributed by atoms with Crippen LogP contribution >= 0.6 is 0 Å². The van der Waals surface area contributed by atoms with E-state index in [-0.39, 0.29) is 5.91 Å². The summed E-state index contributed by atoms with van der Waals surface area (Å²) in [6.07, 6.45) is 7.61. The molecule has 1 aromatic heterocycles. The standard InChI is InChI=1S/C21H30N6O2/c28-19-4-1-3-18-17-11-16(13-27(18)19)12-24(14-17)15-20(29)25-7-9-26(10-8-25)21-22-5-2-6-23-21/h2,5-6,16-18H,1,3-4,7-15H2/t16-,17-,18-/m1/s1. The zero-order valence-corrected chi connectivity index (χ0v) is 16.9. The van der Waals surface area contributed by atoms with Crippen molar-refractivity contribution in [3.05, 3.63) is 18.5 Å². The largest absolute Gasteiger partial charge is 0.339 e. The Hall–Kier alpha value is -2.22. The lowest BCUT2D eigenvalue weighted by Crippen LogP contribution is -2.61. The van der Waals surface area contributed by atoms with Crippen LogP contribution in [0.25, 0.3) is 0 Å². The topological polar surface area (TPSA) is 72.9 Å². The number of likely N-dealkylation sites (tertiary alicyclic amines) is 1. The van der Waals surface area contributed by atoms with E-state index in [2.05, 4.69) is 24.7 Å². The molecule has 4 aliphatic rings. The van der Waals surface area contributed by atoms with E-state index in [0.29, 0.717) is 30.3 Å². The van der Waals surface area contributed by atoms with Crippen molar-refractivity contribution in [1.29, 1.82) is 0 Å². The molecular weight excluding hydrogens is 368 g/mol. The zero-order valence-electron chi connectivity index (χ0n) is 16.9. The van der Waals surface area contributed by atoms with Gasteiger partial charge in [0.15, 0.2) is 0 Å². The van der Waals surface area contributed by atoms with E-state index in [1.54, 1.807) is 12.4 Å². The van der Waals surface area contributed by atoms with Gasteiger partial charge in [-0.2, -0.15) is 0 Å². The maximum Gasteiger partial charge on any atom is 0.236 e. The number of rotatable bonds is 3. The van der Waals surface area contributed by atoms with Crippen LogP contribution in [0.2, 0.25) is 0 Å². The molecule has 4 aliphatic heterocycles. The van der Waals surface area contributed by atoms with Crippen molar-refractivity contribution >= 4 is 17.8 Å². The minimum Gasteiger partial charge on any atom is -0.339 e. The summed E-state index contributed by atoms with van der Waals surface area (Å²) in [4.78, 5) is 42.5. The van der Waals surface area contributed by atoms with Gasteiger partial charge in [0.1, 0.15) is 0 Å². The fourth-order valence-corrected chi connectivity index (χ4v) is 5.74. The van der Waals surface area contributed by atoms with Gasteiger partial charge < -0.3 is 14.7 Å². The predicted molar refractivity (Wildman–Crippen MR) is 108 cm³/mol. The molecule has 2 bridgehead atoms. The summed E-state index contributed by atoms with van der Waals surface area (Å²) in [6.45, 7) is 6.30. The molecule has 0 unspecified atom stereocenters. The molecule has 0 saturated carbocycles. The first-order valence-corrected chi connectivity index (χ1v) is 11.0. The number of carbonyl (C=O) groups is 2. The number of hydrogen-bond donors (Lipinski definition) is 0. The Morgan fingerprint density at radius 1 is 1.07 bits per heavy atom. The highest BCUT2D eigenvalue weighted by atomic mass is 16.2. The van der Waals surface area contributed by atoms with E-state index in [9.17, 15) is 9.59 Å². The van der Waals surface area contributed by atoms with Crippen molar-refractivity contribution in [1.82, 2.24) is 24.7 Å². The minimum atomic E-state index is 0.232. The highest BCUT2D eigenvalue weighted by Gasteiger charge is 2.44. The highest BCUT2D eigenvalue weighted by molar-refractivity contribution is 5.79. The SMILES string of the molecule is O=C(CN1C[C@H]2C[C@H](C1)[C@H]1CCCC(=O)N1C2)N1CCN(c2ncccn2)CC1. The molecule has 5 rings (SSSR count). The number of amides is 2. The molecule has 0 aromatic carbocycles. The summed E-state index contributed by atoms with van der Waals surface area (Å²) in [5.41, 5.74) is 0. The van der Waals surface area contributed by atoms with Gasteiger partial charge in [-0.1, -0.05) is 0 Å². The van der Waals surface area contributed by atoms with E-state index in [0.717, 1.165) is 71.0 Å². The molecule has 5 heterocycles. The van der Waals surface area contributed by atoms with Gasteiger partial charge >= 0.3 is 0 Å². The maximum absolute atomic E-state index is 12.9. The van der Waals surface area contributed by atoms with Gasteiger partial charge in [-0.3, -0.25) is 14.5 Å². The van der Waals surface area contributed by atoms with Crippen LogP contribution in [0.3, 0.4) is 0 Å². The van der Waals surface area contributed by atoms with Crippen molar-refractivity contribution in [3.63, 3.8) is 0 Å². The van der Waals surface area contributed by atoms with E-state index in [1.807, 2.05) is 11.0 Å². The Morgan fingerprint density at radius 3 is 2.66 bits per heavy atom. The molecule has 4 fully saturated rings. The fraction of sp³-hybridized carbons (Fsp3) is 0.714.